The van der Waals surface area contributed by atoms with Gasteiger partial charge in [-0.3, -0.25) is 0 Å². The Balaban J connectivity index is 2.21. The Morgan fingerprint density at radius 2 is 1.80 bits per heavy atom. The van der Waals surface area contributed by atoms with Crippen LogP contribution in [0.25, 0.3) is 0 Å². The van der Waals surface area contributed by atoms with Gasteiger partial charge in [0.2, 0.25) is 5.75 Å². The summed E-state index contributed by atoms with van der Waals surface area (Å²) < 4.78 is 16.3. The fraction of sp³-hybridized carbons (Fsp3) is 0.286. The summed E-state index contributed by atoms with van der Waals surface area (Å²) in [5, 5.41) is 2.92. The Morgan fingerprint density at radius 1 is 1.10 bits per heavy atom. The minimum Gasteiger partial charge on any atom is -0.494 e. The van der Waals surface area contributed by atoms with Crippen LogP contribution in [0.2, 0.25) is 0 Å². The molecule has 0 amide bonds. The Hall–Kier alpha value is -2.50. The quantitative estimate of drug-likeness (QED) is 0.874. The van der Waals surface area contributed by atoms with Gasteiger partial charge in [-0.1, -0.05) is 0 Å². The molecule has 6 nitrogen and oxygen atoms in total. The van der Waals surface area contributed by atoms with Crippen molar-refractivity contribution in [3.05, 3.63) is 30.6 Å². The number of ether oxygens (including phenoxy) is 3. The van der Waals surface area contributed by atoms with Gasteiger partial charge in [-0.25, -0.2) is 4.98 Å². The van der Waals surface area contributed by atoms with Crippen LogP contribution in [0.4, 0.5) is 5.82 Å². The lowest BCUT2D eigenvalue weighted by molar-refractivity contribution is 0.339. The molecule has 1 aromatic carbocycles. The summed E-state index contributed by atoms with van der Waals surface area (Å²) in [6, 6.07) is 7.30. The lowest BCUT2D eigenvalue weighted by Crippen LogP contribution is -2.00. The molecule has 106 valence electrons. The van der Waals surface area contributed by atoms with Gasteiger partial charge in [-0.05, 0) is 31.2 Å². The Labute approximate surface area is 117 Å². The molecule has 20 heavy (non-hydrogen) atoms. The predicted octanol–water partition coefficient (Wildman–Crippen LogP) is 2.72. The molecule has 0 bridgehead atoms. The maximum Gasteiger partial charge on any atom is 0.268 e. The molecule has 0 saturated heterocycles. The minimum absolute atomic E-state index is 0.357. The zero-order valence-electron chi connectivity index (χ0n) is 11.7. The van der Waals surface area contributed by atoms with E-state index in [1.807, 2.05) is 31.2 Å². The van der Waals surface area contributed by atoms with E-state index < -0.39 is 0 Å². The molecule has 0 unspecified atom stereocenters. The van der Waals surface area contributed by atoms with Gasteiger partial charge in [0, 0.05) is 7.05 Å². The van der Waals surface area contributed by atoms with E-state index in [-0.39, 0.29) is 0 Å². The molecule has 0 spiro atoms. The maximum absolute atomic E-state index is 5.70. The number of nitrogens with zero attached hydrogens (tertiary/aromatic N) is 2. The fourth-order valence-corrected chi connectivity index (χ4v) is 1.67. The summed E-state index contributed by atoms with van der Waals surface area (Å²) in [4.78, 5) is 8.14. The van der Waals surface area contributed by atoms with Gasteiger partial charge in [0.1, 0.15) is 17.8 Å². The average Bonchev–Trinajstić information content (AvgIpc) is 2.49. The van der Waals surface area contributed by atoms with E-state index in [2.05, 4.69) is 15.3 Å². The third-order valence-corrected chi connectivity index (χ3v) is 2.56. The van der Waals surface area contributed by atoms with E-state index in [9.17, 15) is 0 Å². The van der Waals surface area contributed by atoms with Crippen molar-refractivity contribution in [3.8, 4) is 23.1 Å². The second kappa shape index (κ2) is 6.60. The van der Waals surface area contributed by atoms with Gasteiger partial charge >= 0.3 is 0 Å². The molecule has 1 aromatic heterocycles. The number of hydrogen-bond acceptors (Lipinski definition) is 6. The summed E-state index contributed by atoms with van der Waals surface area (Å²) in [5.74, 6) is 2.83. The van der Waals surface area contributed by atoms with Crippen LogP contribution in [0.1, 0.15) is 6.92 Å². The molecule has 0 fully saturated rings. The maximum atomic E-state index is 5.70. The summed E-state index contributed by atoms with van der Waals surface area (Å²) in [6.45, 7) is 2.57. The number of methoxy groups -OCH3 is 1. The van der Waals surface area contributed by atoms with Crippen LogP contribution in [0, 0.1) is 0 Å². The Morgan fingerprint density at radius 3 is 2.40 bits per heavy atom. The first-order chi connectivity index (χ1) is 9.78. The normalized spacial score (nSPS) is 9.95. The van der Waals surface area contributed by atoms with Crippen molar-refractivity contribution in [1.82, 2.24) is 9.97 Å². The van der Waals surface area contributed by atoms with Crippen molar-refractivity contribution in [2.75, 3.05) is 26.1 Å². The van der Waals surface area contributed by atoms with Crippen LogP contribution in [-0.2, 0) is 0 Å². The number of hydrogen-bond donors (Lipinski definition) is 1. The van der Waals surface area contributed by atoms with Crippen molar-refractivity contribution in [2.45, 2.75) is 6.92 Å². The van der Waals surface area contributed by atoms with Gasteiger partial charge in [-0.15, -0.1) is 0 Å². The summed E-state index contributed by atoms with van der Waals surface area (Å²) in [7, 11) is 3.30. The zero-order chi connectivity index (χ0) is 14.4. The van der Waals surface area contributed by atoms with Gasteiger partial charge < -0.3 is 19.5 Å². The third kappa shape index (κ3) is 3.09. The lowest BCUT2D eigenvalue weighted by Gasteiger charge is -2.12. The molecule has 0 aliphatic heterocycles. The van der Waals surface area contributed by atoms with Gasteiger partial charge in [0.05, 0.1) is 13.7 Å². The van der Waals surface area contributed by atoms with Crippen LogP contribution >= 0.6 is 0 Å². The molecule has 0 radical (unpaired) electrons. The van der Waals surface area contributed by atoms with Crippen LogP contribution in [-0.4, -0.2) is 30.7 Å². The van der Waals surface area contributed by atoms with E-state index >= 15 is 0 Å². The highest BCUT2D eigenvalue weighted by atomic mass is 16.5. The lowest BCUT2D eigenvalue weighted by atomic mass is 10.3. The standard InChI is InChI=1S/C14H17N3O3/c1-4-19-10-5-7-11(8-6-10)20-14-12(18-3)13(15-2)16-9-17-14/h5-9H,4H2,1-3H3,(H,15,16,17). The fourth-order valence-electron chi connectivity index (χ4n) is 1.67. The number of anilines is 1. The number of benzene rings is 1. The molecule has 1 N–H and O–H groups in total. The Kier molecular flexibility index (Phi) is 4.60. The van der Waals surface area contributed by atoms with Crippen LogP contribution < -0.4 is 19.5 Å². The monoisotopic (exact) mass is 275 g/mol. The smallest absolute Gasteiger partial charge is 0.268 e. The first-order valence-corrected chi connectivity index (χ1v) is 6.26. The molecule has 1 heterocycles. The van der Waals surface area contributed by atoms with Gasteiger partial charge in [-0.2, -0.15) is 4.98 Å². The number of rotatable bonds is 6. The topological polar surface area (TPSA) is 65.5 Å². The predicted molar refractivity (Wildman–Crippen MR) is 75.8 cm³/mol. The first-order valence-electron chi connectivity index (χ1n) is 6.26. The van der Waals surface area contributed by atoms with E-state index in [1.54, 1.807) is 14.2 Å². The SMILES string of the molecule is CCOc1ccc(Oc2ncnc(NC)c2OC)cc1. The van der Waals surface area contributed by atoms with E-state index in [0.717, 1.165) is 5.75 Å². The molecule has 0 aliphatic rings. The molecule has 6 heteroatoms. The van der Waals surface area contributed by atoms with Crippen molar-refractivity contribution < 1.29 is 14.2 Å². The van der Waals surface area contributed by atoms with Crippen LogP contribution in [0.15, 0.2) is 30.6 Å². The highest BCUT2D eigenvalue weighted by Crippen LogP contribution is 2.34. The van der Waals surface area contributed by atoms with E-state index in [4.69, 9.17) is 14.2 Å². The van der Waals surface area contributed by atoms with Crippen LogP contribution in [0.5, 0.6) is 23.1 Å². The molecular weight excluding hydrogens is 258 g/mol. The third-order valence-electron chi connectivity index (χ3n) is 2.56. The van der Waals surface area contributed by atoms with Crippen molar-refractivity contribution in [2.24, 2.45) is 0 Å². The highest BCUT2D eigenvalue weighted by molar-refractivity contribution is 5.55. The summed E-state index contributed by atoms with van der Waals surface area (Å²) >= 11 is 0. The second-order valence-corrected chi connectivity index (χ2v) is 3.82. The first kappa shape index (κ1) is 13.9. The van der Waals surface area contributed by atoms with E-state index in [0.29, 0.717) is 29.8 Å². The average molecular weight is 275 g/mol. The molecule has 0 atom stereocenters. The van der Waals surface area contributed by atoms with Crippen molar-refractivity contribution in [3.63, 3.8) is 0 Å². The largest absolute Gasteiger partial charge is 0.494 e. The molecule has 2 aromatic rings. The summed E-state index contributed by atoms with van der Waals surface area (Å²) in [5.41, 5.74) is 0. The van der Waals surface area contributed by atoms with Crippen molar-refractivity contribution in [1.29, 1.82) is 0 Å². The summed E-state index contributed by atoms with van der Waals surface area (Å²) in [6.07, 6.45) is 1.41. The zero-order valence-corrected chi connectivity index (χ0v) is 11.7. The minimum atomic E-state index is 0.357. The Bertz CT molecular complexity index is 558. The molecule has 0 saturated carbocycles. The molecular formula is C14H17N3O3. The molecule has 0 aliphatic carbocycles. The number of nitrogens with one attached hydrogen (secondary N) is 1. The molecule has 2 rings (SSSR count). The highest BCUT2D eigenvalue weighted by Gasteiger charge is 2.13. The number of aromatic nitrogens is 2. The van der Waals surface area contributed by atoms with Gasteiger partial charge in [0.15, 0.2) is 5.82 Å². The second-order valence-electron chi connectivity index (χ2n) is 3.82. The van der Waals surface area contributed by atoms with Gasteiger partial charge in [0.25, 0.3) is 5.88 Å². The van der Waals surface area contributed by atoms with E-state index in [1.165, 1.54) is 6.33 Å². The van der Waals surface area contributed by atoms with Crippen molar-refractivity contribution >= 4 is 5.82 Å². The van der Waals surface area contributed by atoms with Crippen LogP contribution in [0.3, 0.4) is 0 Å².